The van der Waals surface area contributed by atoms with E-state index in [1.165, 1.54) is 0 Å². The summed E-state index contributed by atoms with van der Waals surface area (Å²) in [4.78, 5) is 30.4. The fourth-order valence-electron chi connectivity index (χ4n) is 3.96. The summed E-state index contributed by atoms with van der Waals surface area (Å²) < 4.78 is 1.98. The highest BCUT2D eigenvalue weighted by Crippen LogP contribution is 2.24. The van der Waals surface area contributed by atoms with Crippen molar-refractivity contribution in [1.29, 1.82) is 0 Å². The van der Waals surface area contributed by atoms with Gasteiger partial charge in [-0.05, 0) is 55.0 Å². The minimum absolute atomic E-state index is 0. The molecule has 1 amide bonds. The molecule has 34 heavy (non-hydrogen) atoms. The molecule has 0 saturated carbocycles. The van der Waals surface area contributed by atoms with Crippen LogP contribution in [0.15, 0.2) is 85.1 Å². The van der Waals surface area contributed by atoms with Gasteiger partial charge >= 0.3 is 0 Å². The van der Waals surface area contributed by atoms with Crippen LogP contribution in [0.2, 0.25) is 5.02 Å². The Morgan fingerprint density at radius 1 is 0.971 bits per heavy atom. The number of anilines is 1. The first-order valence-electron chi connectivity index (χ1n) is 10.5. The second kappa shape index (κ2) is 9.67. The van der Waals surface area contributed by atoms with Gasteiger partial charge in [-0.3, -0.25) is 14.6 Å². The van der Waals surface area contributed by atoms with Crippen molar-refractivity contribution < 1.29 is 9.59 Å². The number of carbonyl (C=O) groups excluding carboxylic acids is 2. The number of aryl methyl sites for hydroxylation is 1. The molecule has 5 aromatic rings. The monoisotopic (exact) mass is 489 g/mol. The van der Waals surface area contributed by atoms with E-state index in [2.05, 4.69) is 10.3 Å². The molecule has 5 nitrogen and oxygen atoms in total. The van der Waals surface area contributed by atoms with E-state index in [0.717, 1.165) is 33.1 Å². The summed E-state index contributed by atoms with van der Waals surface area (Å²) in [6.07, 6.45) is 1.74. The molecule has 0 aliphatic carbocycles. The molecule has 0 bridgehead atoms. The molecule has 7 heteroatoms. The smallest absolute Gasteiger partial charge is 0.296 e. The Morgan fingerprint density at radius 3 is 2.53 bits per heavy atom. The summed E-state index contributed by atoms with van der Waals surface area (Å²) in [7, 11) is 0. The van der Waals surface area contributed by atoms with Gasteiger partial charge in [0.1, 0.15) is 0 Å². The molecular formula is C27H21Cl2N3O2. The normalized spacial score (nSPS) is 10.8. The maximum atomic E-state index is 13.1. The number of pyridine rings is 1. The maximum Gasteiger partial charge on any atom is 0.296 e. The van der Waals surface area contributed by atoms with Crippen molar-refractivity contribution in [2.45, 2.75) is 13.5 Å². The number of halogens is 2. The van der Waals surface area contributed by atoms with Gasteiger partial charge in [0, 0.05) is 45.4 Å². The Balaban J connectivity index is 0.00000274. The van der Waals surface area contributed by atoms with Gasteiger partial charge in [-0.15, -0.1) is 12.4 Å². The zero-order valence-electron chi connectivity index (χ0n) is 18.3. The minimum Gasteiger partial charge on any atom is -0.342 e. The number of amides is 1. The zero-order chi connectivity index (χ0) is 22.9. The van der Waals surface area contributed by atoms with Crippen molar-refractivity contribution in [2.24, 2.45) is 0 Å². The molecule has 0 spiro atoms. The molecule has 0 aliphatic heterocycles. The third-order valence-corrected chi connectivity index (χ3v) is 5.84. The molecule has 0 fully saturated rings. The van der Waals surface area contributed by atoms with Crippen molar-refractivity contribution >= 4 is 63.2 Å². The summed E-state index contributed by atoms with van der Waals surface area (Å²) >= 11 is 6.00. The molecule has 5 rings (SSSR count). The van der Waals surface area contributed by atoms with Crippen LogP contribution in [0.4, 0.5) is 5.69 Å². The van der Waals surface area contributed by atoms with E-state index in [4.69, 9.17) is 11.6 Å². The van der Waals surface area contributed by atoms with Crippen LogP contribution in [0, 0.1) is 6.92 Å². The Hall–Kier alpha value is -3.67. The first-order valence-corrected chi connectivity index (χ1v) is 10.9. The maximum absolute atomic E-state index is 13.1. The number of fused-ring (bicyclic) bond motifs is 2. The predicted octanol–water partition coefficient (Wildman–Crippen LogP) is 6.44. The second-order valence-corrected chi connectivity index (χ2v) is 8.39. The van der Waals surface area contributed by atoms with E-state index in [9.17, 15) is 9.59 Å². The quantitative estimate of drug-likeness (QED) is 0.228. The summed E-state index contributed by atoms with van der Waals surface area (Å²) in [5.74, 6) is -1.26. The lowest BCUT2D eigenvalue weighted by atomic mass is 10.1. The third kappa shape index (κ3) is 4.67. The van der Waals surface area contributed by atoms with Crippen LogP contribution in [0.25, 0.3) is 21.8 Å². The number of nitrogens with zero attached hydrogens (tertiary/aromatic N) is 2. The average molecular weight is 490 g/mol. The van der Waals surface area contributed by atoms with Crippen molar-refractivity contribution in [3.63, 3.8) is 0 Å². The van der Waals surface area contributed by atoms with Gasteiger partial charge in [0.25, 0.3) is 11.7 Å². The van der Waals surface area contributed by atoms with Crippen molar-refractivity contribution in [3.05, 3.63) is 107 Å². The Labute approximate surface area is 207 Å². The Morgan fingerprint density at radius 2 is 1.74 bits per heavy atom. The third-order valence-electron chi connectivity index (χ3n) is 5.59. The Kier molecular flexibility index (Phi) is 6.68. The van der Waals surface area contributed by atoms with Crippen LogP contribution in [0.5, 0.6) is 0 Å². The molecular weight excluding hydrogens is 469 g/mol. The lowest BCUT2D eigenvalue weighted by Crippen LogP contribution is -2.22. The van der Waals surface area contributed by atoms with Gasteiger partial charge in [0.15, 0.2) is 0 Å². The molecule has 0 aliphatic rings. The van der Waals surface area contributed by atoms with Crippen LogP contribution >= 0.6 is 24.0 Å². The van der Waals surface area contributed by atoms with Crippen molar-refractivity contribution in [3.8, 4) is 0 Å². The van der Waals surface area contributed by atoms with Gasteiger partial charge < -0.3 is 9.88 Å². The topological polar surface area (TPSA) is 64.0 Å². The van der Waals surface area contributed by atoms with E-state index in [1.54, 1.807) is 12.3 Å². The van der Waals surface area contributed by atoms with E-state index in [0.29, 0.717) is 22.8 Å². The van der Waals surface area contributed by atoms with Gasteiger partial charge in [0.05, 0.1) is 11.1 Å². The lowest BCUT2D eigenvalue weighted by Gasteiger charge is -2.06. The van der Waals surface area contributed by atoms with Crippen molar-refractivity contribution in [2.75, 3.05) is 5.32 Å². The summed E-state index contributed by atoms with van der Waals surface area (Å²) in [6.45, 7) is 2.49. The number of para-hydroxylation sites is 1. The van der Waals surface area contributed by atoms with Crippen LogP contribution in [-0.2, 0) is 11.3 Å². The molecule has 170 valence electrons. The molecule has 0 saturated heterocycles. The number of benzene rings is 3. The molecule has 2 aromatic heterocycles. The first-order chi connectivity index (χ1) is 16.0. The lowest BCUT2D eigenvalue weighted by molar-refractivity contribution is -0.112. The van der Waals surface area contributed by atoms with E-state index in [1.807, 2.05) is 84.3 Å². The number of ketones is 1. The Bertz CT molecular complexity index is 1520. The van der Waals surface area contributed by atoms with E-state index >= 15 is 0 Å². The minimum atomic E-state index is -0.677. The van der Waals surface area contributed by atoms with Crippen LogP contribution in [-0.4, -0.2) is 21.2 Å². The summed E-state index contributed by atoms with van der Waals surface area (Å²) in [5, 5.41) is 5.04. The van der Waals surface area contributed by atoms with Gasteiger partial charge in [0.2, 0.25) is 0 Å². The van der Waals surface area contributed by atoms with Gasteiger partial charge in [-0.1, -0.05) is 48.0 Å². The van der Waals surface area contributed by atoms with E-state index < -0.39 is 11.7 Å². The number of hydrogen-bond donors (Lipinski definition) is 1. The van der Waals surface area contributed by atoms with Crippen molar-refractivity contribution in [1.82, 2.24) is 9.55 Å². The SMILES string of the molecule is Cc1ccc2cc(NC(=O)C(=O)c3cn(Cc4ccc(Cl)cc4)c4ccccc34)ccc2n1.Cl. The van der Waals surface area contributed by atoms with Gasteiger partial charge in [-0.2, -0.15) is 0 Å². The number of rotatable bonds is 5. The molecule has 0 unspecified atom stereocenters. The number of Topliss-reactive ketones (excluding diaryl/α,β-unsaturated/α-hetero) is 1. The van der Waals surface area contributed by atoms with Crippen LogP contribution < -0.4 is 5.32 Å². The largest absolute Gasteiger partial charge is 0.342 e. The molecule has 1 N–H and O–H groups in total. The number of nitrogens with one attached hydrogen (secondary N) is 1. The standard InChI is InChI=1S/C27H20ClN3O2.ClH/c1-17-6-9-19-14-21(12-13-24(19)29-17)30-27(33)26(32)23-16-31(25-5-3-2-4-22(23)25)15-18-7-10-20(28)11-8-18;/h2-14,16H,15H2,1H3,(H,30,33);1H. The fraction of sp³-hybridized carbons (Fsp3) is 0.0741. The highest BCUT2D eigenvalue weighted by molar-refractivity contribution is 6.48. The molecule has 2 heterocycles. The highest BCUT2D eigenvalue weighted by Gasteiger charge is 2.22. The number of carbonyl (C=O) groups is 2. The highest BCUT2D eigenvalue weighted by atomic mass is 35.5. The van der Waals surface area contributed by atoms with Gasteiger partial charge in [-0.25, -0.2) is 0 Å². The first kappa shape index (κ1) is 23.5. The van der Waals surface area contributed by atoms with E-state index in [-0.39, 0.29) is 12.4 Å². The van der Waals surface area contributed by atoms with Crippen LogP contribution in [0.1, 0.15) is 21.6 Å². The fourth-order valence-corrected chi connectivity index (χ4v) is 4.09. The molecule has 0 radical (unpaired) electrons. The molecule has 0 atom stereocenters. The zero-order valence-corrected chi connectivity index (χ0v) is 19.9. The number of aromatic nitrogens is 2. The summed E-state index contributed by atoms with van der Waals surface area (Å²) in [6, 6.07) is 24.4. The van der Waals surface area contributed by atoms with Crippen LogP contribution in [0.3, 0.4) is 0 Å². The molecule has 3 aromatic carbocycles. The number of hydrogen-bond acceptors (Lipinski definition) is 3. The second-order valence-electron chi connectivity index (χ2n) is 7.96. The summed E-state index contributed by atoms with van der Waals surface area (Å²) in [5.41, 5.74) is 4.61. The predicted molar refractivity (Wildman–Crippen MR) is 139 cm³/mol. The average Bonchev–Trinajstić information content (AvgIpc) is 3.18.